The number of halogens is 1. The van der Waals surface area contributed by atoms with Crippen molar-refractivity contribution < 1.29 is 14.3 Å². The van der Waals surface area contributed by atoms with Gasteiger partial charge in [-0.3, -0.25) is 4.79 Å². The molecule has 1 unspecified atom stereocenters. The zero-order valence-corrected chi connectivity index (χ0v) is 8.53. The van der Waals surface area contributed by atoms with Crippen LogP contribution in [0.4, 0.5) is 10.1 Å². The fraction of sp³-hybridized carbons (Fsp3) is 0.364. The van der Waals surface area contributed by atoms with Gasteiger partial charge in [0.1, 0.15) is 5.82 Å². The maximum Gasteiger partial charge on any atom is 0.306 e. The standard InChI is InChI=1S/C11H14FNO2/c1-8(11(14)15)6-7-13-10-5-3-2-4-9(10)12/h2-5,8,13H,6-7H2,1H3,(H,14,15). The highest BCUT2D eigenvalue weighted by molar-refractivity contribution is 5.69. The summed E-state index contributed by atoms with van der Waals surface area (Å²) in [5.74, 6) is -1.56. The third kappa shape index (κ3) is 3.58. The Bertz CT molecular complexity index is 341. The highest BCUT2D eigenvalue weighted by Gasteiger charge is 2.10. The van der Waals surface area contributed by atoms with E-state index in [9.17, 15) is 9.18 Å². The molecule has 2 N–H and O–H groups in total. The fourth-order valence-electron chi connectivity index (χ4n) is 1.15. The molecule has 15 heavy (non-hydrogen) atoms. The van der Waals surface area contributed by atoms with Crippen LogP contribution in [0.3, 0.4) is 0 Å². The van der Waals surface area contributed by atoms with Gasteiger partial charge in [0, 0.05) is 6.54 Å². The van der Waals surface area contributed by atoms with Crippen molar-refractivity contribution in [2.45, 2.75) is 13.3 Å². The van der Waals surface area contributed by atoms with E-state index in [0.29, 0.717) is 18.7 Å². The summed E-state index contributed by atoms with van der Waals surface area (Å²) in [4.78, 5) is 10.5. The SMILES string of the molecule is CC(CCNc1ccccc1F)C(=O)O. The Morgan fingerprint density at radius 2 is 2.20 bits per heavy atom. The first kappa shape index (κ1) is 11.5. The molecule has 0 aromatic heterocycles. The van der Waals surface area contributed by atoms with Crippen molar-refractivity contribution in [3.63, 3.8) is 0 Å². The monoisotopic (exact) mass is 211 g/mol. The van der Waals surface area contributed by atoms with Crippen LogP contribution in [-0.2, 0) is 4.79 Å². The lowest BCUT2D eigenvalue weighted by atomic mass is 10.1. The molecule has 0 aliphatic heterocycles. The molecule has 1 atom stereocenters. The van der Waals surface area contributed by atoms with Gasteiger partial charge in [0.05, 0.1) is 11.6 Å². The van der Waals surface area contributed by atoms with Crippen molar-refractivity contribution in [3.8, 4) is 0 Å². The van der Waals surface area contributed by atoms with Crippen LogP contribution in [0.1, 0.15) is 13.3 Å². The van der Waals surface area contributed by atoms with Gasteiger partial charge >= 0.3 is 5.97 Å². The Balaban J connectivity index is 2.38. The first-order chi connectivity index (χ1) is 7.11. The molecule has 0 bridgehead atoms. The van der Waals surface area contributed by atoms with Crippen LogP contribution in [0, 0.1) is 11.7 Å². The Morgan fingerprint density at radius 1 is 1.53 bits per heavy atom. The van der Waals surface area contributed by atoms with E-state index in [0.717, 1.165) is 0 Å². The molecule has 0 saturated heterocycles. The maximum absolute atomic E-state index is 13.1. The van der Waals surface area contributed by atoms with Crippen molar-refractivity contribution in [3.05, 3.63) is 30.1 Å². The molecule has 0 fully saturated rings. The Kier molecular flexibility index (Phi) is 4.09. The molecule has 3 nitrogen and oxygen atoms in total. The molecule has 0 heterocycles. The second-order valence-corrected chi connectivity index (χ2v) is 3.43. The van der Waals surface area contributed by atoms with Crippen LogP contribution >= 0.6 is 0 Å². The predicted molar refractivity (Wildman–Crippen MR) is 56.3 cm³/mol. The van der Waals surface area contributed by atoms with Crippen molar-refractivity contribution >= 4 is 11.7 Å². The number of anilines is 1. The van der Waals surface area contributed by atoms with E-state index >= 15 is 0 Å². The minimum absolute atomic E-state index is 0.319. The van der Waals surface area contributed by atoms with Crippen LogP contribution in [0.2, 0.25) is 0 Å². The normalized spacial score (nSPS) is 12.1. The van der Waals surface area contributed by atoms with Gasteiger partial charge in [-0.15, -0.1) is 0 Å². The number of carboxylic acids is 1. The number of nitrogens with one attached hydrogen (secondary N) is 1. The minimum atomic E-state index is -0.828. The van der Waals surface area contributed by atoms with Crippen molar-refractivity contribution in [1.82, 2.24) is 0 Å². The number of benzene rings is 1. The van der Waals surface area contributed by atoms with Crippen molar-refractivity contribution in [2.75, 3.05) is 11.9 Å². The van der Waals surface area contributed by atoms with Gasteiger partial charge in [0.2, 0.25) is 0 Å². The number of rotatable bonds is 5. The molecule has 0 amide bonds. The maximum atomic E-state index is 13.1. The lowest BCUT2D eigenvalue weighted by molar-refractivity contribution is -0.141. The van der Waals surface area contributed by atoms with Crippen molar-refractivity contribution in [1.29, 1.82) is 0 Å². The zero-order chi connectivity index (χ0) is 11.3. The highest BCUT2D eigenvalue weighted by atomic mass is 19.1. The van der Waals surface area contributed by atoms with Crippen LogP contribution < -0.4 is 5.32 Å². The molecule has 82 valence electrons. The summed E-state index contributed by atoms with van der Waals surface area (Å²) >= 11 is 0. The fourth-order valence-corrected chi connectivity index (χ4v) is 1.15. The van der Waals surface area contributed by atoms with E-state index < -0.39 is 11.9 Å². The Morgan fingerprint density at radius 3 is 2.80 bits per heavy atom. The van der Waals surface area contributed by atoms with Crippen LogP contribution in [0.5, 0.6) is 0 Å². The molecule has 1 rings (SSSR count). The average molecular weight is 211 g/mol. The molecule has 1 aromatic carbocycles. The molecule has 0 aliphatic carbocycles. The molecule has 0 saturated carbocycles. The number of carbonyl (C=O) groups is 1. The molecular weight excluding hydrogens is 197 g/mol. The topological polar surface area (TPSA) is 49.3 Å². The first-order valence-corrected chi connectivity index (χ1v) is 4.82. The summed E-state index contributed by atoms with van der Waals surface area (Å²) < 4.78 is 13.1. The second-order valence-electron chi connectivity index (χ2n) is 3.43. The Labute approximate surface area is 87.9 Å². The molecular formula is C11H14FNO2. The van der Waals surface area contributed by atoms with Gasteiger partial charge in [0.25, 0.3) is 0 Å². The smallest absolute Gasteiger partial charge is 0.306 e. The third-order valence-corrected chi connectivity index (χ3v) is 2.19. The average Bonchev–Trinajstić information content (AvgIpc) is 2.20. The quantitative estimate of drug-likeness (QED) is 0.786. The molecule has 1 aromatic rings. The molecule has 0 spiro atoms. The van der Waals surface area contributed by atoms with Gasteiger partial charge < -0.3 is 10.4 Å². The van der Waals surface area contributed by atoms with Gasteiger partial charge in [-0.05, 0) is 18.6 Å². The van der Waals surface area contributed by atoms with Gasteiger partial charge in [0.15, 0.2) is 0 Å². The summed E-state index contributed by atoms with van der Waals surface area (Å²) in [6.07, 6.45) is 0.476. The lowest BCUT2D eigenvalue weighted by Crippen LogP contribution is -2.14. The van der Waals surface area contributed by atoms with Gasteiger partial charge in [-0.1, -0.05) is 19.1 Å². The van der Waals surface area contributed by atoms with E-state index in [-0.39, 0.29) is 5.82 Å². The van der Waals surface area contributed by atoms with Gasteiger partial charge in [-0.2, -0.15) is 0 Å². The van der Waals surface area contributed by atoms with Crippen molar-refractivity contribution in [2.24, 2.45) is 5.92 Å². The lowest BCUT2D eigenvalue weighted by Gasteiger charge is -2.09. The minimum Gasteiger partial charge on any atom is -0.481 e. The highest BCUT2D eigenvalue weighted by Crippen LogP contribution is 2.12. The number of carboxylic acid groups (broad SMARTS) is 1. The van der Waals surface area contributed by atoms with Crippen LogP contribution in [0.15, 0.2) is 24.3 Å². The summed E-state index contributed by atoms with van der Waals surface area (Å²) in [5.41, 5.74) is 0.412. The summed E-state index contributed by atoms with van der Waals surface area (Å²) in [5, 5.41) is 11.5. The number of hydrogen-bond acceptors (Lipinski definition) is 2. The van der Waals surface area contributed by atoms with E-state index in [4.69, 9.17) is 5.11 Å². The Hall–Kier alpha value is -1.58. The first-order valence-electron chi connectivity index (χ1n) is 4.82. The van der Waals surface area contributed by atoms with E-state index in [1.54, 1.807) is 25.1 Å². The van der Waals surface area contributed by atoms with E-state index in [2.05, 4.69) is 5.32 Å². The second kappa shape index (κ2) is 5.34. The van der Waals surface area contributed by atoms with Crippen LogP contribution in [0.25, 0.3) is 0 Å². The third-order valence-electron chi connectivity index (χ3n) is 2.19. The number of para-hydroxylation sites is 1. The number of hydrogen-bond donors (Lipinski definition) is 2. The predicted octanol–water partition coefficient (Wildman–Crippen LogP) is 2.35. The zero-order valence-electron chi connectivity index (χ0n) is 8.53. The largest absolute Gasteiger partial charge is 0.481 e. The summed E-state index contributed by atoms with van der Waals surface area (Å²) in [7, 11) is 0. The molecule has 0 radical (unpaired) electrons. The summed E-state index contributed by atoms with van der Waals surface area (Å²) in [6, 6.07) is 6.33. The van der Waals surface area contributed by atoms with Crippen LogP contribution in [-0.4, -0.2) is 17.6 Å². The summed E-state index contributed by atoms with van der Waals surface area (Å²) in [6.45, 7) is 2.08. The van der Waals surface area contributed by atoms with Gasteiger partial charge in [-0.25, -0.2) is 4.39 Å². The van der Waals surface area contributed by atoms with E-state index in [1.165, 1.54) is 6.07 Å². The number of aliphatic carboxylic acids is 1. The molecule has 4 heteroatoms. The molecule has 0 aliphatic rings. The van der Waals surface area contributed by atoms with E-state index in [1.807, 2.05) is 0 Å².